The summed E-state index contributed by atoms with van der Waals surface area (Å²) in [5, 5.41) is 7.55. The molecule has 0 aliphatic rings. The maximum absolute atomic E-state index is 12.2. The Morgan fingerprint density at radius 2 is 2.12 bits per heavy atom. The number of nitrogens with one attached hydrogen (secondary N) is 1. The van der Waals surface area contributed by atoms with Crippen LogP contribution in [0.5, 0.6) is 11.5 Å². The molecule has 0 aliphatic heterocycles. The quantitative estimate of drug-likeness (QED) is 0.794. The Hall–Kier alpha value is -2.47. The topological polar surface area (TPSA) is 65.4 Å². The standard InChI is InChI=1S/C18H22ClN3O3/c1-6-25-18-14(19)9-13(10-15(18)24-5)7-8-16(23)20-17-11(2)21-22(4)12(17)3/h7-10H,6H2,1-5H3,(H,20,23)/b8-7+. The molecule has 0 unspecified atom stereocenters. The van der Waals surface area contributed by atoms with Crippen molar-refractivity contribution in [1.82, 2.24) is 9.78 Å². The number of halogens is 1. The van der Waals surface area contributed by atoms with Crippen molar-refractivity contribution < 1.29 is 14.3 Å². The SMILES string of the molecule is CCOc1c(Cl)cc(/C=C/C(=O)Nc2c(C)nn(C)c2C)cc1OC. The average molecular weight is 364 g/mol. The van der Waals surface area contributed by atoms with Gasteiger partial charge < -0.3 is 14.8 Å². The lowest BCUT2D eigenvalue weighted by Crippen LogP contribution is -2.09. The number of aryl methyl sites for hydroxylation is 2. The molecule has 7 heteroatoms. The highest BCUT2D eigenvalue weighted by Gasteiger charge is 2.12. The van der Waals surface area contributed by atoms with E-state index in [4.69, 9.17) is 21.1 Å². The molecule has 0 radical (unpaired) electrons. The van der Waals surface area contributed by atoms with Gasteiger partial charge in [0.25, 0.3) is 0 Å². The fourth-order valence-corrected chi connectivity index (χ4v) is 2.69. The number of rotatable bonds is 6. The van der Waals surface area contributed by atoms with E-state index >= 15 is 0 Å². The Balaban J connectivity index is 2.18. The van der Waals surface area contributed by atoms with Gasteiger partial charge in [-0.25, -0.2) is 0 Å². The highest BCUT2D eigenvalue weighted by Crippen LogP contribution is 2.36. The molecule has 2 rings (SSSR count). The fourth-order valence-electron chi connectivity index (χ4n) is 2.41. The summed E-state index contributed by atoms with van der Waals surface area (Å²) in [4.78, 5) is 12.2. The summed E-state index contributed by atoms with van der Waals surface area (Å²) in [5.41, 5.74) is 3.12. The number of carbonyl (C=O) groups excluding carboxylic acids is 1. The lowest BCUT2D eigenvalue weighted by molar-refractivity contribution is -0.111. The number of methoxy groups -OCH3 is 1. The lowest BCUT2D eigenvalue weighted by Gasteiger charge is -2.11. The number of hydrogen-bond acceptors (Lipinski definition) is 4. The molecule has 1 aromatic heterocycles. The fraction of sp³-hybridized carbons (Fsp3) is 0.333. The minimum atomic E-state index is -0.247. The third-order valence-electron chi connectivity index (χ3n) is 3.72. The number of anilines is 1. The molecule has 0 fully saturated rings. The van der Waals surface area contributed by atoms with Crippen LogP contribution >= 0.6 is 11.6 Å². The van der Waals surface area contributed by atoms with E-state index in [1.165, 1.54) is 6.08 Å². The van der Waals surface area contributed by atoms with Gasteiger partial charge >= 0.3 is 0 Å². The van der Waals surface area contributed by atoms with Gasteiger partial charge in [-0.05, 0) is 44.5 Å². The summed E-state index contributed by atoms with van der Waals surface area (Å²) < 4.78 is 12.5. The van der Waals surface area contributed by atoms with Crippen LogP contribution in [0.2, 0.25) is 5.02 Å². The van der Waals surface area contributed by atoms with Crippen LogP contribution < -0.4 is 14.8 Å². The lowest BCUT2D eigenvalue weighted by atomic mass is 10.2. The molecule has 1 N–H and O–H groups in total. The number of ether oxygens (including phenoxy) is 2. The molecule has 0 saturated heterocycles. The summed E-state index contributed by atoms with van der Waals surface area (Å²) >= 11 is 6.23. The van der Waals surface area contributed by atoms with E-state index < -0.39 is 0 Å². The third kappa shape index (κ3) is 4.33. The first kappa shape index (κ1) is 18.9. The van der Waals surface area contributed by atoms with E-state index in [9.17, 15) is 4.79 Å². The predicted molar refractivity (Wildman–Crippen MR) is 99.5 cm³/mol. The summed E-state index contributed by atoms with van der Waals surface area (Å²) in [6.45, 7) is 6.10. The van der Waals surface area contributed by atoms with Gasteiger partial charge in [-0.2, -0.15) is 5.10 Å². The molecule has 6 nitrogen and oxygen atoms in total. The smallest absolute Gasteiger partial charge is 0.248 e. The molecule has 0 bridgehead atoms. The molecule has 0 atom stereocenters. The number of hydrogen-bond donors (Lipinski definition) is 1. The minimum absolute atomic E-state index is 0.247. The zero-order chi connectivity index (χ0) is 18.6. The van der Waals surface area contributed by atoms with Gasteiger partial charge in [0, 0.05) is 13.1 Å². The number of nitrogens with zero attached hydrogens (tertiary/aromatic N) is 2. The van der Waals surface area contributed by atoms with Gasteiger partial charge in [-0.15, -0.1) is 0 Å². The predicted octanol–water partition coefficient (Wildman–Crippen LogP) is 3.75. The van der Waals surface area contributed by atoms with E-state index in [2.05, 4.69) is 10.4 Å². The van der Waals surface area contributed by atoms with E-state index in [-0.39, 0.29) is 5.91 Å². The number of amides is 1. The van der Waals surface area contributed by atoms with Crippen LogP contribution in [-0.4, -0.2) is 29.4 Å². The van der Waals surface area contributed by atoms with Crippen molar-refractivity contribution >= 4 is 29.3 Å². The van der Waals surface area contributed by atoms with E-state index in [0.717, 1.165) is 22.6 Å². The molecule has 0 saturated carbocycles. The van der Waals surface area contributed by atoms with Gasteiger partial charge in [-0.3, -0.25) is 9.48 Å². The molecular formula is C18H22ClN3O3. The molecule has 1 aromatic carbocycles. The van der Waals surface area contributed by atoms with Crippen LogP contribution in [0.25, 0.3) is 6.08 Å². The summed E-state index contributed by atoms with van der Waals surface area (Å²) in [7, 11) is 3.38. The first-order valence-electron chi connectivity index (χ1n) is 7.87. The van der Waals surface area contributed by atoms with Crippen molar-refractivity contribution in [3.8, 4) is 11.5 Å². The van der Waals surface area contributed by atoms with Gasteiger partial charge in [-0.1, -0.05) is 11.6 Å². The maximum Gasteiger partial charge on any atom is 0.248 e. The second-order valence-electron chi connectivity index (χ2n) is 5.46. The van der Waals surface area contributed by atoms with Crippen molar-refractivity contribution in [3.63, 3.8) is 0 Å². The van der Waals surface area contributed by atoms with Crippen LogP contribution in [0, 0.1) is 13.8 Å². The molecule has 134 valence electrons. The Morgan fingerprint density at radius 3 is 2.68 bits per heavy atom. The molecule has 1 heterocycles. The first-order valence-corrected chi connectivity index (χ1v) is 8.24. The Bertz CT molecular complexity index is 812. The van der Waals surface area contributed by atoms with E-state index in [1.54, 1.807) is 30.0 Å². The van der Waals surface area contributed by atoms with Crippen LogP contribution in [0.4, 0.5) is 5.69 Å². The molecule has 2 aromatic rings. The highest BCUT2D eigenvalue weighted by molar-refractivity contribution is 6.32. The van der Waals surface area contributed by atoms with Gasteiger partial charge in [0.05, 0.1) is 35.8 Å². The Labute approximate surface area is 152 Å². The zero-order valence-corrected chi connectivity index (χ0v) is 15.8. The average Bonchev–Trinajstić information content (AvgIpc) is 2.81. The normalized spacial score (nSPS) is 11.0. The Kier molecular flexibility index (Phi) is 6.09. The first-order chi connectivity index (χ1) is 11.9. The molecular weight excluding hydrogens is 342 g/mol. The zero-order valence-electron chi connectivity index (χ0n) is 15.0. The number of benzene rings is 1. The van der Waals surface area contributed by atoms with Crippen LogP contribution in [0.3, 0.4) is 0 Å². The van der Waals surface area contributed by atoms with E-state index in [0.29, 0.717) is 23.1 Å². The van der Waals surface area contributed by atoms with Crippen LogP contribution in [0.15, 0.2) is 18.2 Å². The highest BCUT2D eigenvalue weighted by atomic mass is 35.5. The van der Waals surface area contributed by atoms with Crippen LogP contribution in [0.1, 0.15) is 23.9 Å². The van der Waals surface area contributed by atoms with Crippen molar-refractivity contribution in [2.75, 3.05) is 19.0 Å². The monoisotopic (exact) mass is 363 g/mol. The number of aromatic nitrogens is 2. The summed E-state index contributed by atoms with van der Waals surface area (Å²) in [6.07, 6.45) is 3.11. The van der Waals surface area contributed by atoms with Gasteiger partial charge in [0.2, 0.25) is 5.91 Å². The van der Waals surface area contributed by atoms with E-state index in [1.807, 2.05) is 27.8 Å². The molecule has 25 heavy (non-hydrogen) atoms. The number of carbonyl (C=O) groups is 1. The Morgan fingerprint density at radius 1 is 1.40 bits per heavy atom. The van der Waals surface area contributed by atoms with Gasteiger partial charge in [0.1, 0.15) is 0 Å². The van der Waals surface area contributed by atoms with Crippen molar-refractivity contribution in [1.29, 1.82) is 0 Å². The molecule has 0 spiro atoms. The summed E-state index contributed by atoms with van der Waals surface area (Å²) in [6, 6.07) is 3.49. The summed E-state index contributed by atoms with van der Waals surface area (Å²) in [5.74, 6) is 0.770. The van der Waals surface area contributed by atoms with Crippen LogP contribution in [-0.2, 0) is 11.8 Å². The van der Waals surface area contributed by atoms with Crippen molar-refractivity contribution in [2.24, 2.45) is 7.05 Å². The molecule has 1 amide bonds. The maximum atomic E-state index is 12.2. The molecule has 0 aliphatic carbocycles. The van der Waals surface area contributed by atoms with Crippen molar-refractivity contribution in [3.05, 3.63) is 40.2 Å². The van der Waals surface area contributed by atoms with Crippen molar-refractivity contribution in [2.45, 2.75) is 20.8 Å². The second kappa shape index (κ2) is 8.07. The second-order valence-corrected chi connectivity index (χ2v) is 5.87. The largest absolute Gasteiger partial charge is 0.493 e. The van der Waals surface area contributed by atoms with Gasteiger partial charge in [0.15, 0.2) is 11.5 Å². The minimum Gasteiger partial charge on any atom is -0.493 e. The third-order valence-corrected chi connectivity index (χ3v) is 4.01.